The maximum atomic E-state index is 13.1. The van der Waals surface area contributed by atoms with Gasteiger partial charge in [0.05, 0.1) is 11.1 Å². The molecular formula is C22H18N4O6. The molecule has 0 aliphatic rings. The van der Waals surface area contributed by atoms with Crippen molar-refractivity contribution >= 4 is 23.6 Å². The molecule has 0 atom stereocenters. The third-order valence-corrected chi connectivity index (χ3v) is 4.43. The Labute approximate surface area is 181 Å². The van der Waals surface area contributed by atoms with Crippen molar-refractivity contribution in [2.75, 3.05) is 0 Å². The summed E-state index contributed by atoms with van der Waals surface area (Å²) in [5, 5.41) is 20.4. The average Bonchev–Trinajstić information content (AvgIpc) is 2.81. The molecule has 0 saturated heterocycles. The molecule has 0 spiro atoms. The summed E-state index contributed by atoms with van der Waals surface area (Å²) in [6.07, 6.45) is 0. The second kappa shape index (κ2) is 9.41. The summed E-state index contributed by atoms with van der Waals surface area (Å²) in [5.41, 5.74) is 3.83. The van der Waals surface area contributed by atoms with Gasteiger partial charge >= 0.3 is 0 Å². The number of rotatable bonds is 4. The summed E-state index contributed by atoms with van der Waals surface area (Å²) >= 11 is 0. The van der Waals surface area contributed by atoms with Crippen LogP contribution in [0.2, 0.25) is 0 Å². The first-order valence-electron chi connectivity index (χ1n) is 9.20. The van der Waals surface area contributed by atoms with Crippen LogP contribution in [0, 0.1) is 0 Å². The molecule has 0 heterocycles. The number of nitrogens with zero attached hydrogens (tertiary/aromatic N) is 1. The van der Waals surface area contributed by atoms with Crippen molar-refractivity contribution in [2.45, 2.75) is 0 Å². The number of para-hydroxylation sites is 2. The first-order valence-corrected chi connectivity index (χ1v) is 9.20. The van der Waals surface area contributed by atoms with Crippen molar-refractivity contribution in [3.05, 3.63) is 95.1 Å². The fraction of sp³-hybridized carbons (Fsp3) is 0. The minimum atomic E-state index is -1.01. The molecule has 32 heavy (non-hydrogen) atoms. The van der Waals surface area contributed by atoms with Gasteiger partial charge in [-0.15, -0.1) is 0 Å². The van der Waals surface area contributed by atoms with Crippen LogP contribution in [0.1, 0.15) is 41.4 Å². The van der Waals surface area contributed by atoms with Gasteiger partial charge in [-0.3, -0.25) is 30.0 Å². The zero-order valence-electron chi connectivity index (χ0n) is 16.5. The van der Waals surface area contributed by atoms with Gasteiger partial charge in [-0.2, -0.15) is 5.01 Å². The Morgan fingerprint density at radius 1 is 0.656 bits per heavy atom. The lowest BCUT2D eigenvalue weighted by Crippen LogP contribution is -2.50. The van der Waals surface area contributed by atoms with Crippen molar-refractivity contribution in [2.24, 2.45) is 5.84 Å². The van der Waals surface area contributed by atoms with Gasteiger partial charge in [-0.1, -0.05) is 24.3 Å². The van der Waals surface area contributed by atoms with Gasteiger partial charge in [-0.25, -0.2) is 5.84 Å². The number of hydrogen-bond acceptors (Lipinski definition) is 7. The Hall–Kier alpha value is -4.70. The molecule has 3 aromatic rings. The third-order valence-electron chi connectivity index (χ3n) is 4.43. The van der Waals surface area contributed by atoms with Crippen molar-refractivity contribution in [3.63, 3.8) is 0 Å². The minimum absolute atomic E-state index is 0.0417. The van der Waals surface area contributed by atoms with Crippen LogP contribution >= 0.6 is 0 Å². The number of aromatic hydroxyl groups is 2. The van der Waals surface area contributed by atoms with E-state index in [1.54, 1.807) is 0 Å². The average molecular weight is 434 g/mol. The molecule has 0 unspecified atom stereocenters. The largest absolute Gasteiger partial charge is 0.507 e. The standard InChI is InChI=1S/C22H18N4O6/c23-24-19(29)13-9-11-14(12-10-13)21(31)26(22(32)16-6-2-4-8-18(16)28)25-20(30)15-5-1-3-7-17(15)27/h1-12,27-28H,23H2,(H,24,29)(H,25,30). The van der Waals surface area contributed by atoms with Crippen LogP contribution < -0.4 is 16.7 Å². The fourth-order valence-electron chi connectivity index (χ4n) is 2.77. The highest BCUT2D eigenvalue weighted by Crippen LogP contribution is 2.20. The predicted octanol–water partition coefficient (Wildman–Crippen LogP) is 1.33. The van der Waals surface area contributed by atoms with E-state index < -0.39 is 29.4 Å². The van der Waals surface area contributed by atoms with Crippen LogP contribution in [0.4, 0.5) is 0 Å². The number of phenolic OH excluding ortho intramolecular Hbond substituents is 2. The molecule has 0 radical (unpaired) electrons. The molecule has 6 N–H and O–H groups in total. The number of amides is 4. The summed E-state index contributed by atoms with van der Waals surface area (Å²) in [4.78, 5) is 50.4. The molecule has 0 aromatic heterocycles. The van der Waals surface area contributed by atoms with Gasteiger partial charge in [0.1, 0.15) is 11.5 Å². The lowest BCUT2D eigenvalue weighted by atomic mass is 10.1. The van der Waals surface area contributed by atoms with Gasteiger partial charge in [0, 0.05) is 11.1 Å². The quantitative estimate of drug-likeness (QED) is 0.179. The van der Waals surface area contributed by atoms with E-state index in [1.165, 1.54) is 72.8 Å². The number of benzene rings is 3. The monoisotopic (exact) mass is 434 g/mol. The van der Waals surface area contributed by atoms with Crippen LogP contribution in [0.15, 0.2) is 72.8 Å². The zero-order valence-corrected chi connectivity index (χ0v) is 16.5. The van der Waals surface area contributed by atoms with E-state index in [1.807, 2.05) is 5.43 Å². The van der Waals surface area contributed by atoms with Crippen molar-refractivity contribution in [3.8, 4) is 11.5 Å². The molecule has 162 valence electrons. The minimum Gasteiger partial charge on any atom is -0.507 e. The number of nitrogens with one attached hydrogen (secondary N) is 2. The Kier molecular flexibility index (Phi) is 6.47. The van der Waals surface area contributed by atoms with E-state index in [9.17, 15) is 29.4 Å². The maximum Gasteiger partial charge on any atom is 0.283 e. The van der Waals surface area contributed by atoms with E-state index >= 15 is 0 Å². The second-order valence-corrected chi connectivity index (χ2v) is 6.47. The number of carbonyl (C=O) groups is 4. The molecule has 3 aromatic carbocycles. The smallest absolute Gasteiger partial charge is 0.283 e. The number of carbonyl (C=O) groups excluding carboxylic acids is 4. The highest BCUT2D eigenvalue weighted by molar-refractivity contribution is 6.13. The second-order valence-electron chi connectivity index (χ2n) is 6.47. The summed E-state index contributed by atoms with van der Waals surface area (Å²) < 4.78 is 0. The lowest BCUT2D eigenvalue weighted by molar-refractivity contribution is 0.0481. The molecule has 10 heteroatoms. The van der Waals surface area contributed by atoms with E-state index in [0.29, 0.717) is 5.01 Å². The van der Waals surface area contributed by atoms with Crippen LogP contribution in [-0.2, 0) is 0 Å². The fourth-order valence-corrected chi connectivity index (χ4v) is 2.77. The number of hydrogen-bond donors (Lipinski definition) is 5. The Bertz CT molecular complexity index is 1190. The highest BCUT2D eigenvalue weighted by atomic mass is 16.3. The van der Waals surface area contributed by atoms with Gasteiger partial charge in [0.25, 0.3) is 23.6 Å². The summed E-state index contributed by atoms with van der Waals surface area (Å²) in [5.74, 6) is 0.850. The molecular weight excluding hydrogens is 416 g/mol. The zero-order chi connectivity index (χ0) is 23.3. The summed E-state index contributed by atoms with van der Waals surface area (Å²) in [7, 11) is 0. The van der Waals surface area contributed by atoms with Gasteiger partial charge in [0.2, 0.25) is 0 Å². The van der Waals surface area contributed by atoms with Gasteiger partial charge in [-0.05, 0) is 48.5 Å². The molecule has 4 amide bonds. The molecule has 10 nitrogen and oxygen atoms in total. The number of phenols is 2. The Morgan fingerprint density at radius 3 is 1.69 bits per heavy atom. The molecule has 0 fully saturated rings. The molecule has 0 bridgehead atoms. The van der Waals surface area contributed by atoms with Crippen LogP contribution in [0.5, 0.6) is 11.5 Å². The predicted molar refractivity (Wildman–Crippen MR) is 112 cm³/mol. The topological polar surface area (TPSA) is 162 Å². The molecule has 3 rings (SSSR count). The van der Waals surface area contributed by atoms with Crippen LogP contribution in [-0.4, -0.2) is 38.9 Å². The summed E-state index contributed by atoms with van der Waals surface area (Å²) in [6.45, 7) is 0. The molecule has 0 aliphatic carbocycles. The third kappa shape index (κ3) is 4.55. The Balaban J connectivity index is 1.98. The van der Waals surface area contributed by atoms with E-state index in [2.05, 4.69) is 5.43 Å². The van der Waals surface area contributed by atoms with E-state index in [4.69, 9.17) is 5.84 Å². The Morgan fingerprint density at radius 2 is 1.16 bits per heavy atom. The first-order chi connectivity index (χ1) is 15.3. The number of imide groups is 1. The maximum absolute atomic E-state index is 13.1. The molecule has 0 aliphatic heterocycles. The van der Waals surface area contributed by atoms with Crippen molar-refractivity contribution in [1.82, 2.24) is 15.9 Å². The molecule has 0 saturated carbocycles. The highest BCUT2D eigenvalue weighted by Gasteiger charge is 2.29. The van der Waals surface area contributed by atoms with Gasteiger partial charge < -0.3 is 10.2 Å². The SMILES string of the molecule is NNC(=O)c1ccc(C(=O)N(NC(=O)c2ccccc2O)C(=O)c2ccccc2O)cc1. The first kappa shape index (κ1) is 22.0. The normalized spacial score (nSPS) is 10.2. The van der Waals surface area contributed by atoms with Crippen LogP contribution in [0.25, 0.3) is 0 Å². The van der Waals surface area contributed by atoms with Crippen molar-refractivity contribution < 1.29 is 29.4 Å². The van der Waals surface area contributed by atoms with E-state index in [-0.39, 0.29) is 28.0 Å². The summed E-state index contributed by atoms with van der Waals surface area (Å²) in [6, 6.07) is 16.2. The lowest BCUT2D eigenvalue weighted by Gasteiger charge is -2.22. The number of hydrazine groups is 2. The van der Waals surface area contributed by atoms with Crippen molar-refractivity contribution in [1.29, 1.82) is 0 Å². The van der Waals surface area contributed by atoms with E-state index in [0.717, 1.165) is 0 Å². The number of nitrogens with two attached hydrogens (primary N) is 1. The number of nitrogen functional groups attached to an aromatic ring is 1. The van der Waals surface area contributed by atoms with Crippen LogP contribution in [0.3, 0.4) is 0 Å². The van der Waals surface area contributed by atoms with Gasteiger partial charge in [0.15, 0.2) is 0 Å².